The van der Waals surface area contributed by atoms with E-state index < -0.39 is 0 Å². The van der Waals surface area contributed by atoms with Crippen LogP contribution >= 0.6 is 0 Å². The van der Waals surface area contributed by atoms with Crippen molar-refractivity contribution in [1.82, 2.24) is 4.90 Å². The molecule has 0 atom stereocenters. The molecule has 0 bridgehead atoms. The Morgan fingerprint density at radius 3 is 2.09 bits per heavy atom. The Morgan fingerprint density at radius 2 is 1.61 bits per heavy atom. The summed E-state index contributed by atoms with van der Waals surface area (Å²) in [5.41, 5.74) is 2.08. The Bertz CT molecular complexity index is 552. The molecule has 1 saturated heterocycles. The van der Waals surface area contributed by atoms with Gasteiger partial charge in [0.15, 0.2) is 0 Å². The highest BCUT2D eigenvalue weighted by Gasteiger charge is 2.22. The van der Waals surface area contributed by atoms with Gasteiger partial charge in [0.05, 0.1) is 0 Å². The summed E-state index contributed by atoms with van der Waals surface area (Å²) >= 11 is 0. The van der Waals surface area contributed by atoms with Gasteiger partial charge in [0.1, 0.15) is 6.54 Å². The molecule has 0 aliphatic carbocycles. The fraction of sp³-hybridized carbons (Fsp3) is 0.579. The third-order valence-corrected chi connectivity index (χ3v) is 4.43. The first-order valence-electron chi connectivity index (χ1n) is 8.45. The summed E-state index contributed by atoms with van der Waals surface area (Å²) in [5.74, 6) is -0.0568. The average Bonchev–Trinajstić information content (AvgIpc) is 2.52. The van der Waals surface area contributed by atoms with Crippen molar-refractivity contribution in [1.29, 1.82) is 0 Å². The van der Waals surface area contributed by atoms with E-state index >= 15 is 0 Å². The normalized spacial score (nSPS) is 15.4. The van der Waals surface area contributed by atoms with E-state index in [1.165, 1.54) is 18.9 Å². The van der Waals surface area contributed by atoms with Crippen molar-refractivity contribution >= 4 is 17.5 Å². The third-order valence-electron chi connectivity index (χ3n) is 4.43. The van der Waals surface area contributed by atoms with Gasteiger partial charge in [-0.3, -0.25) is 9.59 Å². The van der Waals surface area contributed by atoms with Gasteiger partial charge in [0.25, 0.3) is 0 Å². The highest BCUT2D eigenvalue weighted by Crippen LogP contribution is 2.25. The van der Waals surface area contributed by atoms with Gasteiger partial charge in [-0.25, -0.2) is 0 Å². The quantitative estimate of drug-likeness (QED) is 0.858. The van der Waals surface area contributed by atoms with Gasteiger partial charge in [-0.15, -0.1) is 0 Å². The molecule has 4 heteroatoms. The predicted molar refractivity (Wildman–Crippen MR) is 93.6 cm³/mol. The molecule has 126 valence electrons. The van der Waals surface area contributed by atoms with Crippen molar-refractivity contribution < 1.29 is 9.59 Å². The minimum atomic E-state index is -0.0983. The molecule has 1 aromatic carbocycles. The van der Waals surface area contributed by atoms with E-state index in [4.69, 9.17) is 0 Å². The van der Waals surface area contributed by atoms with Crippen LogP contribution in [0.3, 0.4) is 0 Å². The van der Waals surface area contributed by atoms with E-state index in [9.17, 15) is 9.59 Å². The molecule has 23 heavy (non-hydrogen) atoms. The van der Waals surface area contributed by atoms with Gasteiger partial charge in [0, 0.05) is 25.7 Å². The lowest BCUT2D eigenvalue weighted by atomic mass is 9.87. The van der Waals surface area contributed by atoms with Crippen molar-refractivity contribution in [3.05, 3.63) is 29.8 Å². The smallest absolute Gasteiger partial charge is 0.242 e. The van der Waals surface area contributed by atoms with Crippen LogP contribution < -0.4 is 4.90 Å². The van der Waals surface area contributed by atoms with Crippen LogP contribution in [-0.2, 0) is 15.0 Å². The molecule has 1 aromatic rings. The lowest BCUT2D eigenvalue weighted by molar-refractivity contribution is -0.132. The highest BCUT2D eigenvalue weighted by molar-refractivity contribution is 5.97. The summed E-state index contributed by atoms with van der Waals surface area (Å²) in [4.78, 5) is 27.9. The predicted octanol–water partition coefficient (Wildman–Crippen LogP) is 3.35. The van der Waals surface area contributed by atoms with Crippen LogP contribution in [0.15, 0.2) is 24.3 Å². The fourth-order valence-corrected chi connectivity index (χ4v) is 2.90. The van der Waals surface area contributed by atoms with Crippen LogP contribution in [0.5, 0.6) is 0 Å². The molecule has 4 nitrogen and oxygen atoms in total. The van der Waals surface area contributed by atoms with Crippen molar-refractivity contribution in [3.8, 4) is 0 Å². The molecule has 0 spiro atoms. The number of likely N-dealkylation sites (tertiary alicyclic amines) is 1. The zero-order chi connectivity index (χ0) is 17.0. The number of carbonyl (C=O) groups is 2. The van der Waals surface area contributed by atoms with Gasteiger partial charge in [-0.1, -0.05) is 32.9 Å². The lowest BCUT2D eigenvalue weighted by Crippen LogP contribution is -2.44. The van der Waals surface area contributed by atoms with Crippen LogP contribution in [0.2, 0.25) is 0 Å². The average molecular weight is 316 g/mol. The summed E-state index contributed by atoms with van der Waals surface area (Å²) < 4.78 is 0. The zero-order valence-corrected chi connectivity index (χ0v) is 14.8. The molecule has 2 rings (SSSR count). The fourth-order valence-electron chi connectivity index (χ4n) is 2.90. The van der Waals surface area contributed by atoms with Crippen molar-refractivity contribution in [3.63, 3.8) is 0 Å². The largest absolute Gasteiger partial charge is 0.341 e. The zero-order valence-electron chi connectivity index (χ0n) is 14.8. The summed E-state index contributed by atoms with van der Waals surface area (Å²) in [6, 6.07) is 7.95. The maximum atomic E-state index is 12.4. The highest BCUT2D eigenvalue weighted by atomic mass is 16.2. The van der Waals surface area contributed by atoms with E-state index in [2.05, 4.69) is 20.8 Å². The first kappa shape index (κ1) is 17.5. The second-order valence-electron chi connectivity index (χ2n) is 7.34. The van der Waals surface area contributed by atoms with Crippen molar-refractivity contribution in [2.75, 3.05) is 24.5 Å². The number of anilines is 1. The molecule has 1 heterocycles. The van der Waals surface area contributed by atoms with E-state index in [0.717, 1.165) is 31.6 Å². The summed E-state index contributed by atoms with van der Waals surface area (Å²) in [6.07, 6.45) is 3.31. The second kappa shape index (κ2) is 7.16. The van der Waals surface area contributed by atoms with Gasteiger partial charge in [-0.2, -0.15) is 0 Å². The lowest BCUT2D eigenvalue weighted by Gasteiger charge is -2.30. The van der Waals surface area contributed by atoms with Crippen LogP contribution in [0.25, 0.3) is 0 Å². The maximum absolute atomic E-state index is 12.4. The number of hydrogen-bond acceptors (Lipinski definition) is 2. The molecular weight excluding hydrogens is 288 g/mol. The van der Waals surface area contributed by atoms with Gasteiger partial charge in [0.2, 0.25) is 11.8 Å². The number of rotatable bonds is 3. The van der Waals surface area contributed by atoms with Crippen molar-refractivity contribution in [2.45, 2.75) is 52.4 Å². The molecular formula is C19H28N2O2. The Morgan fingerprint density at radius 1 is 1.04 bits per heavy atom. The van der Waals surface area contributed by atoms with Crippen LogP contribution in [0.4, 0.5) is 5.69 Å². The second-order valence-corrected chi connectivity index (χ2v) is 7.34. The molecule has 0 N–H and O–H groups in total. The van der Waals surface area contributed by atoms with E-state index in [0.29, 0.717) is 0 Å². The van der Waals surface area contributed by atoms with Gasteiger partial charge < -0.3 is 9.80 Å². The standard InChI is InChI=1S/C19H28N2O2/c1-15(22)21(14-18(23)20-12-6-5-7-13-20)17-10-8-16(9-11-17)19(2,3)4/h8-11H,5-7,12-14H2,1-4H3. The summed E-state index contributed by atoms with van der Waals surface area (Å²) in [6.45, 7) is 9.74. The monoisotopic (exact) mass is 316 g/mol. The molecule has 1 aliphatic rings. The number of carbonyl (C=O) groups excluding carboxylic acids is 2. The van der Waals surface area contributed by atoms with Crippen LogP contribution in [0, 0.1) is 0 Å². The number of nitrogens with zero attached hydrogens (tertiary/aromatic N) is 2. The Kier molecular flexibility index (Phi) is 5.45. The Hall–Kier alpha value is -1.84. The minimum Gasteiger partial charge on any atom is -0.341 e. The molecule has 1 aliphatic heterocycles. The van der Waals surface area contributed by atoms with E-state index in [-0.39, 0.29) is 23.8 Å². The first-order valence-corrected chi connectivity index (χ1v) is 8.45. The third kappa shape index (κ3) is 4.57. The van der Waals surface area contributed by atoms with Crippen LogP contribution in [0.1, 0.15) is 52.5 Å². The summed E-state index contributed by atoms with van der Waals surface area (Å²) in [5, 5.41) is 0. The molecule has 0 saturated carbocycles. The number of piperidine rings is 1. The molecule has 0 unspecified atom stereocenters. The number of benzene rings is 1. The number of hydrogen-bond donors (Lipinski definition) is 0. The Labute approximate surface area is 139 Å². The molecule has 1 fully saturated rings. The molecule has 0 aromatic heterocycles. The SMILES string of the molecule is CC(=O)N(CC(=O)N1CCCCC1)c1ccc(C(C)(C)C)cc1. The molecule has 0 radical (unpaired) electrons. The van der Waals surface area contributed by atoms with Gasteiger partial charge in [-0.05, 0) is 42.4 Å². The Balaban J connectivity index is 2.11. The maximum Gasteiger partial charge on any atom is 0.242 e. The topological polar surface area (TPSA) is 40.6 Å². The van der Waals surface area contributed by atoms with Gasteiger partial charge >= 0.3 is 0 Å². The van der Waals surface area contributed by atoms with E-state index in [1.807, 2.05) is 29.2 Å². The summed E-state index contributed by atoms with van der Waals surface area (Å²) in [7, 11) is 0. The first-order chi connectivity index (χ1) is 10.8. The van der Waals surface area contributed by atoms with Crippen molar-refractivity contribution in [2.24, 2.45) is 0 Å². The number of amides is 2. The van der Waals surface area contributed by atoms with E-state index in [1.54, 1.807) is 4.90 Å². The molecule has 2 amide bonds. The van der Waals surface area contributed by atoms with Crippen LogP contribution in [-0.4, -0.2) is 36.3 Å². The minimum absolute atomic E-state index is 0.0415.